The van der Waals surface area contributed by atoms with E-state index in [1.165, 1.54) is 11.1 Å². The lowest BCUT2D eigenvalue weighted by atomic mass is 9.87. The van der Waals surface area contributed by atoms with Crippen LogP contribution >= 0.6 is 11.6 Å². The average molecular weight is 464 g/mol. The van der Waals surface area contributed by atoms with Crippen molar-refractivity contribution in [3.05, 3.63) is 76.1 Å². The number of aryl methyl sites for hydroxylation is 2. The van der Waals surface area contributed by atoms with Crippen molar-refractivity contribution < 1.29 is 9.21 Å². The van der Waals surface area contributed by atoms with Crippen molar-refractivity contribution in [1.82, 2.24) is 15.2 Å². The van der Waals surface area contributed by atoms with E-state index in [0.717, 1.165) is 62.2 Å². The largest absolute Gasteiger partial charge is 0.441 e. The minimum atomic E-state index is 0.00689. The molecule has 0 unspecified atom stereocenters. The van der Waals surface area contributed by atoms with E-state index in [2.05, 4.69) is 34.5 Å². The molecule has 1 N–H and O–H groups in total. The second-order valence-corrected chi connectivity index (χ2v) is 9.70. The molecule has 0 saturated carbocycles. The van der Waals surface area contributed by atoms with E-state index in [1.807, 2.05) is 31.2 Å². The number of amides is 1. The van der Waals surface area contributed by atoms with Gasteiger partial charge in [-0.3, -0.25) is 9.69 Å². The summed E-state index contributed by atoms with van der Waals surface area (Å²) in [7, 11) is 0. The number of hydrogen-bond donors (Lipinski definition) is 1. The summed E-state index contributed by atoms with van der Waals surface area (Å²) in [5.74, 6) is 1.59. The first-order chi connectivity index (χ1) is 16.1. The van der Waals surface area contributed by atoms with Crippen LogP contribution in [0.5, 0.6) is 0 Å². The van der Waals surface area contributed by atoms with Gasteiger partial charge < -0.3 is 9.73 Å². The number of nitrogens with one attached hydrogen (secondary N) is 1. The Kier molecular flexibility index (Phi) is 6.52. The molecule has 1 saturated heterocycles. The summed E-state index contributed by atoms with van der Waals surface area (Å²) < 4.78 is 5.93. The van der Waals surface area contributed by atoms with Crippen molar-refractivity contribution in [2.45, 2.75) is 51.6 Å². The first-order valence-corrected chi connectivity index (χ1v) is 12.3. The molecule has 5 rings (SSSR count). The van der Waals surface area contributed by atoms with Crippen LogP contribution in [0, 0.1) is 12.8 Å². The number of hydrogen-bond acceptors (Lipinski definition) is 4. The molecule has 33 heavy (non-hydrogen) atoms. The zero-order valence-electron chi connectivity index (χ0n) is 19.0. The normalized spacial score (nSPS) is 20.9. The fraction of sp³-hybridized carbons (Fsp3) is 0.407. The predicted octanol–water partition coefficient (Wildman–Crippen LogP) is 5.71. The van der Waals surface area contributed by atoms with Gasteiger partial charge in [0.15, 0.2) is 0 Å². The number of oxazole rings is 1. The fourth-order valence-electron chi connectivity index (χ4n) is 5.14. The number of fused-ring (bicyclic) bond motifs is 1. The lowest BCUT2D eigenvalue weighted by Crippen LogP contribution is -2.44. The van der Waals surface area contributed by atoms with Crippen LogP contribution in [0.4, 0.5) is 0 Å². The molecule has 1 aromatic heterocycles. The van der Waals surface area contributed by atoms with E-state index in [0.29, 0.717) is 17.5 Å². The van der Waals surface area contributed by atoms with Crippen LogP contribution in [0.25, 0.3) is 11.5 Å². The third kappa shape index (κ3) is 4.99. The molecule has 1 amide bonds. The highest BCUT2D eigenvalue weighted by Crippen LogP contribution is 2.31. The van der Waals surface area contributed by atoms with Crippen LogP contribution in [0.2, 0.25) is 5.02 Å². The van der Waals surface area contributed by atoms with E-state index in [4.69, 9.17) is 21.0 Å². The number of halogens is 1. The summed E-state index contributed by atoms with van der Waals surface area (Å²) >= 11 is 6.12. The summed E-state index contributed by atoms with van der Waals surface area (Å²) in [6, 6.07) is 16.2. The lowest BCUT2D eigenvalue weighted by Gasteiger charge is -2.33. The SMILES string of the molecule is Cc1oc(-c2cccc(Cl)c2)nc1CN1CCC[C@@H](C(=O)N[C@H]2CCCc3ccccc32)C1. The molecule has 0 spiro atoms. The number of carbonyl (C=O) groups excluding carboxylic acids is 1. The van der Waals surface area contributed by atoms with Gasteiger partial charge in [-0.15, -0.1) is 0 Å². The van der Waals surface area contributed by atoms with Crippen LogP contribution in [0.1, 0.15) is 54.3 Å². The number of likely N-dealkylation sites (tertiary alicyclic amines) is 1. The second kappa shape index (κ2) is 9.70. The molecular formula is C27H30ClN3O2. The Balaban J connectivity index is 1.23. The van der Waals surface area contributed by atoms with E-state index < -0.39 is 0 Å². The molecule has 0 radical (unpaired) electrons. The standard InChI is InChI=1S/C27H30ClN3O2/c1-18-25(30-27(33-18)20-9-4-11-22(28)15-20)17-31-14-6-10-21(16-31)26(32)29-24-13-5-8-19-7-2-3-12-23(19)24/h2-4,7,9,11-12,15,21,24H,5-6,8,10,13-14,16-17H2,1H3,(H,29,32)/t21-,24+/m1/s1. The Morgan fingerprint density at radius 2 is 2.06 bits per heavy atom. The number of piperidine rings is 1. The minimum absolute atomic E-state index is 0.00689. The van der Waals surface area contributed by atoms with Crippen molar-refractivity contribution in [2.75, 3.05) is 13.1 Å². The zero-order chi connectivity index (χ0) is 22.8. The molecule has 0 bridgehead atoms. The van der Waals surface area contributed by atoms with Gasteiger partial charge in [-0.2, -0.15) is 0 Å². The lowest BCUT2D eigenvalue weighted by molar-refractivity contribution is -0.127. The third-order valence-electron chi connectivity index (χ3n) is 6.90. The maximum absolute atomic E-state index is 13.2. The fourth-order valence-corrected chi connectivity index (χ4v) is 5.33. The molecule has 2 aromatic carbocycles. The Hall–Kier alpha value is -2.63. The van der Waals surface area contributed by atoms with Gasteiger partial charge in [0, 0.05) is 23.7 Å². The molecule has 3 aromatic rings. The highest BCUT2D eigenvalue weighted by molar-refractivity contribution is 6.30. The zero-order valence-corrected chi connectivity index (χ0v) is 19.8. The van der Waals surface area contributed by atoms with E-state index in [-0.39, 0.29) is 17.9 Å². The van der Waals surface area contributed by atoms with E-state index in [1.54, 1.807) is 0 Å². The van der Waals surface area contributed by atoms with E-state index >= 15 is 0 Å². The van der Waals surface area contributed by atoms with Crippen molar-refractivity contribution in [3.8, 4) is 11.5 Å². The van der Waals surface area contributed by atoms with Crippen LogP contribution < -0.4 is 5.32 Å². The van der Waals surface area contributed by atoms with Crippen LogP contribution in [0.3, 0.4) is 0 Å². The van der Waals surface area contributed by atoms with Crippen LogP contribution in [-0.2, 0) is 17.8 Å². The van der Waals surface area contributed by atoms with Gasteiger partial charge in [0.05, 0.1) is 17.7 Å². The molecule has 1 aliphatic carbocycles. The van der Waals surface area contributed by atoms with Gasteiger partial charge in [0.1, 0.15) is 5.76 Å². The first kappa shape index (κ1) is 22.2. The second-order valence-electron chi connectivity index (χ2n) is 9.26. The quantitative estimate of drug-likeness (QED) is 0.526. The first-order valence-electron chi connectivity index (χ1n) is 11.9. The molecule has 2 heterocycles. The summed E-state index contributed by atoms with van der Waals surface area (Å²) in [4.78, 5) is 20.2. The van der Waals surface area contributed by atoms with Gasteiger partial charge in [0.2, 0.25) is 11.8 Å². The third-order valence-corrected chi connectivity index (χ3v) is 7.13. The minimum Gasteiger partial charge on any atom is -0.441 e. The molecule has 2 atom stereocenters. The van der Waals surface area contributed by atoms with Crippen LogP contribution in [0.15, 0.2) is 52.9 Å². The van der Waals surface area contributed by atoms with Crippen LogP contribution in [-0.4, -0.2) is 28.9 Å². The smallest absolute Gasteiger partial charge is 0.226 e. The molecule has 2 aliphatic rings. The molecule has 6 heteroatoms. The highest BCUT2D eigenvalue weighted by atomic mass is 35.5. The molecular weight excluding hydrogens is 434 g/mol. The molecule has 1 fully saturated rings. The van der Waals surface area contributed by atoms with Gasteiger partial charge in [0.25, 0.3) is 0 Å². The van der Waals surface area contributed by atoms with Gasteiger partial charge in [-0.25, -0.2) is 4.98 Å². The van der Waals surface area contributed by atoms with Gasteiger partial charge in [-0.1, -0.05) is 41.9 Å². The maximum atomic E-state index is 13.2. The number of rotatable bonds is 5. The summed E-state index contributed by atoms with van der Waals surface area (Å²) in [6.07, 6.45) is 5.19. The Labute approximate surface area is 200 Å². The summed E-state index contributed by atoms with van der Waals surface area (Å²) in [6.45, 7) is 4.35. The monoisotopic (exact) mass is 463 g/mol. The van der Waals surface area contributed by atoms with Crippen molar-refractivity contribution in [2.24, 2.45) is 5.92 Å². The summed E-state index contributed by atoms with van der Waals surface area (Å²) in [5.41, 5.74) is 4.46. The van der Waals surface area contributed by atoms with Crippen molar-refractivity contribution >= 4 is 17.5 Å². The van der Waals surface area contributed by atoms with Gasteiger partial charge in [-0.05, 0) is 74.9 Å². The summed E-state index contributed by atoms with van der Waals surface area (Å²) in [5, 5.41) is 4.02. The number of benzene rings is 2. The molecule has 5 nitrogen and oxygen atoms in total. The Bertz CT molecular complexity index is 1140. The Morgan fingerprint density at radius 3 is 2.94 bits per heavy atom. The Morgan fingerprint density at radius 1 is 1.18 bits per heavy atom. The highest BCUT2D eigenvalue weighted by Gasteiger charge is 2.29. The van der Waals surface area contributed by atoms with Crippen molar-refractivity contribution in [3.63, 3.8) is 0 Å². The van der Waals surface area contributed by atoms with Crippen molar-refractivity contribution in [1.29, 1.82) is 0 Å². The number of aromatic nitrogens is 1. The molecule has 172 valence electrons. The maximum Gasteiger partial charge on any atom is 0.226 e. The van der Waals surface area contributed by atoms with E-state index in [9.17, 15) is 4.79 Å². The predicted molar refractivity (Wildman–Crippen MR) is 130 cm³/mol. The average Bonchev–Trinajstić information content (AvgIpc) is 3.19. The number of nitrogens with zero attached hydrogens (tertiary/aromatic N) is 2. The number of carbonyl (C=O) groups is 1. The molecule has 1 aliphatic heterocycles. The topological polar surface area (TPSA) is 58.4 Å². The van der Waals surface area contributed by atoms with Gasteiger partial charge >= 0.3 is 0 Å².